The average Bonchev–Trinajstić information content (AvgIpc) is 3.48. The molecular formula is C36H47N3O5. The molecule has 8 nitrogen and oxygen atoms in total. The fourth-order valence-electron chi connectivity index (χ4n) is 6.40. The van der Waals surface area contributed by atoms with E-state index in [1.165, 1.54) is 13.5 Å². The normalized spacial score (nSPS) is 17.4. The van der Waals surface area contributed by atoms with Crippen LogP contribution >= 0.6 is 0 Å². The van der Waals surface area contributed by atoms with Gasteiger partial charge in [-0.15, -0.1) is 0 Å². The number of carbonyl (C=O) groups excluding carboxylic acids is 2. The van der Waals surface area contributed by atoms with Crippen LogP contribution in [0.3, 0.4) is 0 Å². The van der Waals surface area contributed by atoms with Gasteiger partial charge in [0, 0.05) is 52.9 Å². The van der Waals surface area contributed by atoms with Crippen molar-refractivity contribution in [3.63, 3.8) is 0 Å². The van der Waals surface area contributed by atoms with Gasteiger partial charge in [0.25, 0.3) is 0 Å². The topological polar surface area (TPSA) is 139 Å². The summed E-state index contributed by atoms with van der Waals surface area (Å²) in [5.41, 5.74) is 10.5. The molecule has 0 aliphatic heterocycles. The number of aliphatic hydroxyl groups is 1. The van der Waals surface area contributed by atoms with E-state index in [1.807, 2.05) is 36.4 Å². The van der Waals surface area contributed by atoms with Crippen LogP contribution in [0.5, 0.6) is 11.5 Å². The average molecular weight is 602 g/mol. The summed E-state index contributed by atoms with van der Waals surface area (Å²) in [5, 5.41) is 22.6. The molecule has 4 rings (SSSR count). The van der Waals surface area contributed by atoms with Crippen LogP contribution in [0.1, 0.15) is 105 Å². The lowest BCUT2D eigenvalue weighted by Gasteiger charge is -2.41. The third kappa shape index (κ3) is 7.59. The van der Waals surface area contributed by atoms with Crippen molar-refractivity contribution in [1.82, 2.24) is 9.97 Å². The zero-order valence-electron chi connectivity index (χ0n) is 26.3. The molecule has 5 N–H and O–H groups in total. The van der Waals surface area contributed by atoms with E-state index < -0.39 is 11.3 Å². The zero-order valence-corrected chi connectivity index (χ0v) is 26.3. The standard InChI is InChI=1S/C36H47N3O5/c1-4-6-7-8-9-10-27(41)21-28(42)14-11-24-19-31(34(43)32(20-24)44-3)33-29-16-18-38-35(37)30(29)15-17-36(33,23-40)22-26-13-12-25(5-2)39-26/h12-13,15-20,33,39-40,43H,4-11,14,21-23H2,1-3H3,(H2,37,38)/t33-,36-/m0/s1. The van der Waals surface area contributed by atoms with Crippen molar-refractivity contribution in [3.05, 3.63) is 76.2 Å². The van der Waals surface area contributed by atoms with E-state index in [-0.39, 0.29) is 42.5 Å². The maximum Gasteiger partial charge on any atom is 0.161 e. The van der Waals surface area contributed by atoms with Gasteiger partial charge in [-0.05, 0) is 61.1 Å². The smallest absolute Gasteiger partial charge is 0.161 e. The summed E-state index contributed by atoms with van der Waals surface area (Å²) in [6, 6.07) is 9.59. The number of aromatic amines is 1. The molecule has 44 heavy (non-hydrogen) atoms. The van der Waals surface area contributed by atoms with Gasteiger partial charge in [0.1, 0.15) is 17.4 Å². The molecule has 0 unspecified atom stereocenters. The molecule has 236 valence electrons. The molecule has 2 atom stereocenters. The third-order valence-electron chi connectivity index (χ3n) is 8.87. The Kier molecular flexibility index (Phi) is 11.4. The van der Waals surface area contributed by atoms with Gasteiger partial charge in [-0.3, -0.25) is 9.59 Å². The minimum atomic E-state index is -0.822. The molecular weight excluding hydrogens is 554 g/mol. The number of hydrogen-bond donors (Lipinski definition) is 4. The number of ketones is 2. The number of aromatic nitrogens is 2. The van der Waals surface area contributed by atoms with Crippen LogP contribution in [-0.4, -0.2) is 45.5 Å². The number of phenolic OH excluding ortho intramolecular Hbond substituents is 1. The van der Waals surface area contributed by atoms with Crippen LogP contribution < -0.4 is 10.5 Å². The van der Waals surface area contributed by atoms with Crippen molar-refractivity contribution >= 4 is 23.5 Å². The number of hydrogen-bond acceptors (Lipinski definition) is 7. The highest BCUT2D eigenvalue weighted by Crippen LogP contribution is 2.53. The number of pyridine rings is 1. The molecule has 0 radical (unpaired) electrons. The van der Waals surface area contributed by atoms with E-state index in [9.17, 15) is 19.8 Å². The van der Waals surface area contributed by atoms with E-state index in [0.29, 0.717) is 30.6 Å². The molecule has 0 fully saturated rings. The number of phenols is 1. The summed E-state index contributed by atoms with van der Waals surface area (Å²) in [6.45, 7) is 4.04. The van der Waals surface area contributed by atoms with Crippen molar-refractivity contribution in [2.24, 2.45) is 5.41 Å². The number of benzene rings is 1. The van der Waals surface area contributed by atoms with Gasteiger partial charge in [-0.2, -0.15) is 0 Å². The van der Waals surface area contributed by atoms with Crippen LogP contribution in [-0.2, 0) is 28.9 Å². The number of nitrogens with one attached hydrogen (secondary N) is 1. The molecule has 8 heteroatoms. The fourth-order valence-corrected chi connectivity index (χ4v) is 6.40. The van der Waals surface area contributed by atoms with Gasteiger partial charge in [0.15, 0.2) is 11.5 Å². The predicted molar refractivity (Wildman–Crippen MR) is 174 cm³/mol. The predicted octanol–water partition coefficient (Wildman–Crippen LogP) is 6.47. The Balaban J connectivity index is 1.64. The number of aliphatic hydroxyl groups excluding tert-OH is 1. The second-order valence-corrected chi connectivity index (χ2v) is 12.1. The monoisotopic (exact) mass is 601 g/mol. The van der Waals surface area contributed by atoms with Gasteiger partial charge in [0.05, 0.1) is 20.1 Å². The van der Waals surface area contributed by atoms with E-state index in [1.54, 1.807) is 12.3 Å². The molecule has 1 aliphatic rings. The first kappa shape index (κ1) is 33.0. The highest BCUT2D eigenvalue weighted by molar-refractivity contribution is 5.99. The number of anilines is 1. The minimum absolute atomic E-state index is 0.00412. The van der Waals surface area contributed by atoms with Crippen molar-refractivity contribution in [1.29, 1.82) is 0 Å². The number of Topliss-reactive ketones (excluding diaryl/α,β-unsaturated/α-hetero) is 2. The number of unbranched alkanes of at least 4 members (excludes halogenated alkanes) is 4. The first-order valence-corrected chi connectivity index (χ1v) is 15.9. The number of fused-ring (bicyclic) bond motifs is 1. The highest BCUT2D eigenvalue weighted by Gasteiger charge is 2.44. The van der Waals surface area contributed by atoms with Gasteiger partial charge in [-0.25, -0.2) is 4.98 Å². The molecule has 2 heterocycles. The number of aromatic hydroxyl groups is 1. The maximum atomic E-state index is 12.8. The summed E-state index contributed by atoms with van der Waals surface area (Å²) < 4.78 is 5.60. The molecule has 0 amide bonds. The van der Waals surface area contributed by atoms with E-state index in [4.69, 9.17) is 10.5 Å². The number of nitrogens with two attached hydrogens (primary N) is 1. The first-order chi connectivity index (χ1) is 21.2. The maximum absolute atomic E-state index is 12.8. The molecule has 0 spiro atoms. The number of rotatable bonds is 17. The Morgan fingerprint density at radius 3 is 2.48 bits per heavy atom. The SMILES string of the molecule is CCCCCCCC(=O)CC(=O)CCc1cc(OC)c(O)c([C@@H]2c3ccnc(N)c3C=C[C@@]2(CO)Cc2ccc(CC)[nH]2)c1. The molecule has 1 aromatic carbocycles. The molecule has 2 aromatic heterocycles. The number of H-pyrrole nitrogens is 1. The van der Waals surface area contributed by atoms with Crippen LogP contribution in [0.25, 0.3) is 6.08 Å². The van der Waals surface area contributed by atoms with Crippen molar-refractivity contribution in [2.45, 2.75) is 90.4 Å². The quantitative estimate of drug-likeness (QED) is 0.103. The van der Waals surface area contributed by atoms with E-state index >= 15 is 0 Å². The number of carbonyl (C=O) groups is 2. The largest absolute Gasteiger partial charge is 0.504 e. The fraction of sp³-hybridized carbons (Fsp3) is 0.472. The number of nitrogen functional groups attached to an aromatic ring is 1. The first-order valence-electron chi connectivity index (χ1n) is 15.9. The molecule has 3 aromatic rings. The van der Waals surface area contributed by atoms with Crippen LogP contribution in [0.4, 0.5) is 5.82 Å². The lowest BCUT2D eigenvalue weighted by Crippen LogP contribution is -2.36. The highest BCUT2D eigenvalue weighted by atomic mass is 16.5. The summed E-state index contributed by atoms with van der Waals surface area (Å²) in [5.74, 6) is 0.0320. The molecule has 1 aliphatic carbocycles. The number of methoxy groups -OCH3 is 1. The number of aryl methyl sites for hydroxylation is 2. The Morgan fingerprint density at radius 2 is 1.77 bits per heavy atom. The van der Waals surface area contributed by atoms with Gasteiger partial charge < -0.3 is 25.7 Å². The van der Waals surface area contributed by atoms with E-state index in [0.717, 1.165) is 60.2 Å². The third-order valence-corrected chi connectivity index (χ3v) is 8.87. The summed E-state index contributed by atoms with van der Waals surface area (Å²) in [6.07, 6.45) is 13.2. The van der Waals surface area contributed by atoms with Crippen LogP contribution in [0.2, 0.25) is 0 Å². The molecule has 0 bridgehead atoms. The Labute approximate surface area is 260 Å². The van der Waals surface area contributed by atoms with Crippen molar-refractivity contribution in [2.75, 3.05) is 19.5 Å². The Bertz CT molecular complexity index is 1480. The van der Waals surface area contributed by atoms with Crippen molar-refractivity contribution < 1.29 is 24.5 Å². The molecule has 0 saturated heterocycles. The summed E-state index contributed by atoms with van der Waals surface area (Å²) >= 11 is 0. The number of ether oxygens (including phenoxy) is 1. The van der Waals surface area contributed by atoms with Crippen molar-refractivity contribution in [3.8, 4) is 11.5 Å². The second-order valence-electron chi connectivity index (χ2n) is 12.1. The minimum Gasteiger partial charge on any atom is -0.504 e. The lowest BCUT2D eigenvalue weighted by molar-refractivity contribution is -0.127. The molecule has 0 saturated carbocycles. The summed E-state index contributed by atoms with van der Waals surface area (Å²) in [4.78, 5) is 32.9. The van der Waals surface area contributed by atoms with Gasteiger partial charge >= 0.3 is 0 Å². The summed E-state index contributed by atoms with van der Waals surface area (Å²) in [7, 11) is 1.49. The van der Waals surface area contributed by atoms with Crippen LogP contribution in [0, 0.1) is 5.41 Å². The van der Waals surface area contributed by atoms with Gasteiger partial charge in [-0.1, -0.05) is 57.7 Å². The van der Waals surface area contributed by atoms with Crippen LogP contribution in [0.15, 0.2) is 42.6 Å². The van der Waals surface area contributed by atoms with E-state index in [2.05, 4.69) is 23.8 Å². The Morgan fingerprint density at radius 1 is 1.02 bits per heavy atom. The number of nitrogens with zero attached hydrogens (tertiary/aromatic N) is 1. The lowest BCUT2D eigenvalue weighted by atomic mass is 9.63. The van der Waals surface area contributed by atoms with Gasteiger partial charge in [0.2, 0.25) is 0 Å². The zero-order chi connectivity index (χ0) is 31.7. The Hall–Kier alpha value is -3.91. The second kappa shape index (κ2) is 15.2.